The second-order valence-corrected chi connectivity index (χ2v) is 5.34. The number of carbonyl (C=O) groups is 2. The summed E-state index contributed by atoms with van der Waals surface area (Å²) in [5, 5.41) is 12.2. The molecule has 8 heteroatoms. The molecule has 0 bridgehead atoms. The Bertz CT molecular complexity index is 700. The Morgan fingerprint density at radius 2 is 2.27 bits per heavy atom. The predicted octanol–water partition coefficient (Wildman–Crippen LogP) is 1.99. The van der Waals surface area contributed by atoms with Gasteiger partial charge in [0.25, 0.3) is 0 Å². The van der Waals surface area contributed by atoms with E-state index in [1.54, 1.807) is 0 Å². The molecule has 0 saturated heterocycles. The van der Waals surface area contributed by atoms with Crippen molar-refractivity contribution in [3.63, 3.8) is 0 Å². The van der Waals surface area contributed by atoms with Crippen molar-refractivity contribution in [2.75, 3.05) is 7.11 Å². The van der Waals surface area contributed by atoms with Crippen LogP contribution < -0.4 is 5.32 Å². The maximum atomic E-state index is 13.1. The van der Waals surface area contributed by atoms with Gasteiger partial charge in [-0.1, -0.05) is 22.0 Å². The molecule has 0 spiro atoms. The minimum absolute atomic E-state index is 0.139. The van der Waals surface area contributed by atoms with E-state index in [9.17, 15) is 19.1 Å². The Morgan fingerprint density at radius 3 is 2.91 bits per heavy atom. The molecule has 0 aliphatic carbocycles. The van der Waals surface area contributed by atoms with Crippen LogP contribution in [0.5, 0.6) is 0 Å². The van der Waals surface area contributed by atoms with Crippen LogP contribution in [0, 0.1) is 5.82 Å². The van der Waals surface area contributed by atoms with E-state index in [1.807, 2.05) is 0 Å². The largest absolute Gasteiger partial charge is 0.509 e. The molecule has 1 aromatic rings. The minimum Gasteiger partial charge on any atom is -0.509 e. The van der Waals surface area contributed by atoms with Gasteiger partial charge in [0, 0.05) is 10.9 Å². The number of rotatable bonds is 3. The van der Waals surface area contributed by atoms with Crippen molar-refractivity contribution in [1.82, 2.24) is 5.32 Å². The van der Waals surface area contributed by atoms with Crippen molar-refractivity contribution < 1.29 is 23.8 Å². The molecule has 0 aromatic heterocycles. The Labute approximate surface area is 133 Å². The van der Waals surface area contributed by atoms with Gasteiger partial charge < -0.3 is 15.2 Å². The number of halogens is 2. The van der Waals surface area contributed by atoms with Crippen LogP contribution in [-0.4, -0.2) is 29.9 Å². The summed E-state index contributed by atoms with van der Waals surface area (Å²) in [6.45, 7) is 0. The van der Waals surface area contributed by atoms with E-state index in [0.29, 0.717) is 10.0 Å². The smallest absolute Gasteiger partial charge is 0.360 e. The molecule has 2 rings (SSSR count). The molecular weight excluding hydrogens is 359 g/mol. The zero-order chi connectivity index (χ0) is 16.3. The summed E-state index contributed by atoms with van der Waals surface area (Å²) in [5.74, 6) is -2.06. The van der Waals surface area contributed by atoms with E-state index < -0.39 is 23.5 Å². The number of nitrogens with one attached hydrogen (secondary N) is 1. The number of methoxy groups -OCH3 is 1. The van der Waals surface area contributed by atoms with Gasteiger partial charge in [-0.2, -0.15) is 0 Å². The first-order valence-electron chi connectivity index (χ1n) is 6.22. The van der Waals surface area contributed by atoms with Crippen LogP contribution in [0.15, 0.2) is 39.1 Å². The molecule has 0 unspecified atom stereocenters. The highest BCUT2D eigenvalue weighted by atomic mass is 79.9. The van der Waals surface area contributed by atoms with Gasteiger partial charge >= 0.3 is 5.97 Å². The number of amidine groups is 1. The monoisotopic (exact) mass is 370 g/mol. The first-order chi connectivity index (χ1) is 10.4. The normalized spacial score (nSPS) is 15.0. The van der Waals surface area contributed by atoms with Gasteiger partial charge in [-0.05, 0) is 17.7 Å². The Hall–Kier alpha value is -2.22. The first kappa shape index (κ1) is 16.2. The lowest BCUT2D eigenvalue weighted by Crippen LogP contribution is -2.31. The quantitative estimate of drug-likeness (QED) is 0.796. The van der Waals surface area contributed by atoms with Gasteiger partial charge in [0.15, 0.2) is 5.70 Å². The van der Waals surface area contributed by atoms with Crippen LogP contribution in [0.2, 0.25) is 0 Å². The van der Waals surface area contributed by atoms with E-state index in [1.165, 1.54) is 18.2 Å². The summed E-state index contributed by atoms with van der Waals surface area (Å²) >= 11 is 3.22. The second kappa shape index (κ2) is 6.69. The second-order valence-electron chi connectivity index (χ2n) is 4.48. The van der Waals surface area contributed by atoms with E-state index in [2.05, 4.69) is 31.0 Å². The number of hydrogen-bond donors (Lipinski definition) is 2. The number of nitrogens with zero attached hydrogens (tertiary/aromatic N) is 1. The van der Waals surface area contributed by atoms with Crippen molar-refractivity contribution in [2.45, 2.75) is 12.8 Å². The van der Waals surface area contributed by atoms with E-state index in [-0.39, 0.29) is 24.4 Å². The van der Waals surface area contributed by atoms with Crippen LogP contribution >= 0.6 is 15.9 Å². The zero-order valence-corrected chi connectivity index (χ0v) is 13.1. The average molecular weight is 371 g/mol. The lowest BCUT2D eigenvalue weighted by molar-refractivity contribution is -0.136. The SMILES string of the molecule is COC(=O)C1=C(O)CC(=O)NC(Cc2ccc(F)cc2Br)=N1. The summed E-state index contributed by atoms with van der Waals surface area (Å²) in [6, 6.07) is 4.08. The minimum atomic E-state index is -0.843. The lowest BCUT2D eigenvalue weighted by atomic mass is 10.1. The summed E-state index contributed by atoms with van der Waals surface area (Å²) in [4.78, 5) is 27.2. The maximum Gasteiger partial charge on any atom is 0.360 e. The van der Waals surface area contributed by atoms with E-state index in [4.69, 9.17) is 0 Å². The number of ether oxygens (including phenoxy) is 1. The fraction of sp³-hybridized carbons (Fsp3) is 0.214. The van der Waals surface area contributed by atoms with Gasteiger partial charge in [0.1, 0.15) is 17.4 Å². The van der Waals surface area contributed by atoms with E-state index >= 15 is 0 Å². The molecule has 0 radical (unpaired) electrons. The van der Waals surface area contributed by atoms with Crippen molar-refractivity contribution in [3.05, 3.63) is 45.5 Å². The molecule has 1 heterocycles. The van der Waals surface area contributed by atoms with Crippen LogP contribution in [0.4, 0.5) is 4.39 Å². The number of hydrogen-bond acceptors (Lipinski definition) is 5. The Morgan fingerprint density at radius 1 is 1.55 bits per heavy atom. The van der Waals surface area contributed by atoms with Gasteiger partial charge in [0.05, 0.1) is 13.5 Å². The van der Waals surface area contributed by atoms with Gasteiger partial charge in [-0.15, -0.1) is 0 Å². The molecule has 0 fully saturated rings. The first-order valence-corrected chi connectivity index (χ1v) is 7.01. The molecule has 2 N–H and O–H groups in total. The molecular formula is C14H12BrFN2O4. The fourth-order valence-corrected chi connectivity index (χ4v) is 2.35. The number of aliphatic hydroxyl groups is 1. The van der Waals surface area contributed by atoms with Gasteiger partial charge in [0.2, 0.25) is 5.91 Å². The van der Waals surface area contributed by atoms with E-state index in [0.717, 1.165) is 7.11 Å². The van der Waals surface area contributed by atoms with Gasteiger partial charge in [-0.3, -0.25) is 4.79 Å². The van der Waals surface area contributed by atoms with Crippen molar-refractivity contribution in [2.24, 2.45) is 4.99 Å². The standard InChI is InChI=1S/C14H12BrFN2O4/c1-22-14(21)13-10(19)6-12(20)17-11(18-13)4-7-2-3-8(16)5-9(7)15/h2-3,5,19H,4,6H2,1H3,(H,17,18,20). The van der Waals surface area contributed by atoms with Crippen molar-refractivity contribution in [1.29, 1.82) is 0 Å². The number of carbonyl (C=O) groups excluding carboxylic acids is 2. The summed E-state index contributed by atoms with van der Waals surface area (Å²) in [6.07, 6.45) is -0.234. The number of esters is 1. The molecule has 1 aliphatic heterocycles. The molecule has 6 nitrogen and oxygen atoms in total. The van der Waals surface area contributed by atoms with Crippen molar-refractivity contribution >= 4 is 33.6 Å². The molecule has 1 aromatic carbocycles. The average Bonchev–Trinajstić information content (AvgIpc) is 2.59. The molecule has 22 heavy (non-hydrogen) atoms. The highest BCUT2D eigenvalue weighted by molar-refractivity contribution is 9.10. The maximum absolute atomic E-state index is 13.1. The topological polar surface area (TPSA) is 88.0 Å². The summed E-state index contributed by atoms with van der Waals surface area (Å²) in [7, 11) is 1.15. The van der Waals surface area contributed by atoms with Crippen LogP contribution in [0.3, 0.4) is 0 Å². The Balaban J connectivity index is 2.36. The number of aliphatic hydroxyl groups excluding tert-OH is 1. The highest BCUT2D eigenvalue weighted by Crippen LogP contribution is 2.20. The zero-order valence-electron chi connectivity index (χ0n) is 11.5. The molecule has 1 amide bonds. The number of amides is 1. The third-order valence-electron chi connectivity index (χ3n) is 2.88. The predicted molar refractivity (Wildman–Crippen MR) is 79.7 cm³/mol. The molecule has 116 valence electrons. The number of aliphatic imine (C=N–C) groups is 1. The Kier molecular flexibility index (Phi) is 4.92. The molecule has 0 atom stereocenters. The summed E-state index contributed by atoms with van der Waals surface area (Å²) in [5.41, 5.74) is 0.333. The third kappa shape index (κ3) is 3.70. The molecule has 1 aliphatic rings. The van der Waals surface area contributed by atoms with Crippen LogP contribution in [0.1, 0.15) is 12.0 Å². The highest BCUT2D eigenvalue weighted by Gasteiger charge is 2.23. The van der Waals surface area contributed by atoms with Gasteiger partial charge in [-0.25, -0.2) is 14.2 Å². The lowest BCUT2D eigenvalue weighted by Gasteiger charge is -2.08. The summed E-state index contributed by atoms with van der Waals surface area (Å²) < 4.78 is 18.1. The third-order valence-corrected chi connectivity index (χ3v) is 3.62. The molecule has 0 saturated carbocycles. The van der Waals surface area contributed by atoms with Crippen LogP contribution in [0.25, 0.3) is 0 Å². The van der Waals surface area contributed by atoms with Crippen molar-refractivity contribution in [3.8, 4) is 0 Å². The fourth-order valence-electron chi connectivity index (χ4n) is 1.86. The van der Waals surface area contributed by atoms with Crippen LogP contribution in [-0.2, 0) is 20.7 Å². The number of benzene rings is 1.